The molecule has 1 saturated heterocycles. The summed E-state index contributed by atoms with van der Waals surface area (Å²) in [6, 6.07) is 4.97. The van der Waals surface area contributed by atoms with E-state index in [0.29, 0.717) is 12.4 Å². The van der Waals surface area contributed by atoms with Gasteiger partial charge in [0.1, 0.15) is 11.5 Å². The first-order valence-electron chi connectivity index (χ1n) is 8.88. The molecular formula is C18H20F3N5O2. The zero-order chi connectivity index (χ0) is 20.3. The smallest absolute Gasteiger partial charge is 0.350 e. The van der Waals surface area contributed by atoms with Crippen LogP contribution < -0.4 is 15.8 Å². The van der Waals surface area contributed by atoms with Crippen LogP contribution in [0.2, 0.25) is 0 Å². The number of piperidine rings is 1. The number of hydrogen-bond acceptors (Lipinski definition) is 5. The first kappa shape index (κ1) is 19.8. The summed E-state index contributed by atoms with van der Waals surface area (Å²) in [5.74, 6) is 0.164. The van der Waals surface area contributed by atoms with Gasteiger partial charge in [-0.3, -0.25) is 14.6 Å². The predicted molar refractivity (Wildman–Crippen MR) is 96.0 cm³/mol. The SMILES string of the molecule is Cn1nc(N2CCCCC2CNC(=O)c2ccc(C(F)(F)F)nc2)ccc1=O. The molecule has 3 heterocycles. The van der Waals surface area contributed by atoms with E-state index in [4.69, 9.17) is 0 Å². The van der Waals surface area contributed by atoms with Gasteiger partial charge in [0.2, 0.25) is 0 Å². The largest absolute Gasteiger partial charge is 0.433 e. The Kier molecular flexibility index (Phi) is 5.66. The minimum Gasteiger partial charge on any atom is -0.350 e. The fraction of sp³-hybridized carbons (Fsp3) is 0.444. The summed E-state index contributed by atoms with van der Waals surface area (Å²) < 4.78 is 39.0. The van der Waals surface area contributed by atoms with Gasteiger partial charge in [0.25, 0.3) is 11.5 Å². The van der Waals surface area contributed by atoms with Gasteiger partial charge in [0, 0.05) is 38.4 Å². The van der Waals surface area contributed by atoms with Crippen LogP contribution in [-0.4, -0.2) is 39.8 Å². The van der Waals surface area contributed by atoms with Crippen LogP contribution in [0.25, 0.3) is 0 Å². The zero-order valence-electron chi connectivity index (χ0n) is 15.2. The molecule has 10 heteroatoms. The van der Waals surface area contributed by atoms with Crippen molar-refractivity contribution in [3.63, 3.8) is 0 Å². The molecule has 0 saturated carbocycles. The summed E-state index contributed by atoms with van der Waals surface area (Å²) >= 11 is 0. The normalized spacial score (nSPS) is 17.4. The number of nitrogens with zero attached hydrogens (tertiary/aromatic N) is 4. The average molecular weight is 395 g/mol. The van der Waals surface area contributed by atoms with Gasteiger partial charge in [-0.15, -0.1) is 0 Å². The first-order chi connectivity index (χ1) is 13.3. The highest BCUT2D eigenvalue weighted by atomic mass is 19.4. The highest BCUT2D eigenvalue weighted by molar-refractivity contribution is 5.93. The number of halogens is 3. The van der Waals surface area contributed by atoms with Gasteiger partial charge in [0.05, 0.1) is 5.56 Å². The molecular weight excluding hydrogens is 375 g/mol. The molecule has 28 heavy (non-hydrogen) atoms. The molecule has 1 fully saturated rings. The Balaban J connectivity index is 1.66. The molecule has 1 N–H and O–H groups in total. The van der Waals surface area contributed by atoms with Crippen LogP contribution in [0.15, 0.2) is 35.3 Å². The zero-order valence-corrected chi connectivity index (χ0v) is 15.2. The number of aryl methyl sites for hydroxylation is 1. The minimum atomic E-state index is -4.54. The molecule has 0 spiro atoms. The van der Waals surface area contributed by atoms with E-state index in [1.165, 1.54) is 10.7 Å². The molecule has 2 aromatic rings. The molecule has 1 amide bonds. The average Bonchev–Trinajstić information content (AvgIpc) is 2.68. The van der Waals surface area contributed by atoms with E-state index >= 15 is 0 Å². The number of nitrogens with one attached hydrogen (secondary N) is 1. The van der Waals surface area contributed by atoms with E-state index < -0.39 is 17.8 Å². The van der Waals surface area contributed by atoms with E-state index in [0.717, 1.165) is 44.1 Å². The molecule has 0 aromatic carbocycles. The second-order valence-corrected chi connectivity index (χ2v) is 6.64. The lowest BCUT2D eigenvalue weighted by molar-refractivity contribution is -0.141. The maximum atomic E-state index is 12.6. The van der Waals surface area contributed by atoms with Crippen molar-refractivity contribution in [1.82, 2.24) is 20.1 Å². The minimum absolute atomic E-state index is 0.0230. The Morgan fingerprint density at radius 1 is 1.25 bits per heavy atom. The van der Waals surface area contributed by atoms with Gasteiger partial charge >= 0.3 is 6.18 Å². The summed E-state index contributed by atoms with van der Waals surface area (Å²) in [5, 5.41) is 7.02. The van der Waals surface area contributed by atoms with E-state index in [2.05, 4.69) is 15.4 Å². The molecule has 1 unspecified atom stereocenters. The molecule has 0 bridgehead atoms. The third-order valence-corrected chi connectivity index (χ3v) is 4.68. The lowest BCUT2D eigenvalue weighted by atomic mass is 10.0. The van der Waals surface area contributed by atoms with Crippen molar-refractivity contribution >= 4 is 11.7 Å². The Morgan fingerprint density at radius 3 is 2.68 bits per heavy atom. The van der Waals surface area contributed by atoms with Gasteiger partial charge in [-0.05, 0) is 37.5 Å². The molecule has 0 aliphatic carbocycles. The van der Waals surface area contributed by atoms with Crippen LogP contribution in [0, 0.1) is 0 Å². The molecule has 1 atom stereocenters. The Hall–Kier alpha value is -2.91. The number of amides is 1. The fourth-order valence-corrected chi connectivity index (χ4v) is 3.17. The van der Waals surface area contributed by atoms with Gasteiger partial charge in [-0.25, -0.2) is 4.68 Å². The van der Waals surface area contributed by atoms with E-state index in [1.807, 2.05) is 4.90 Å². The van der Waals surface area contributed by atoms with Crippen molar-refractivity contribution in [2.45, 2.75) is 31.5 Å². The molecule has 150 valence electrons. The fourth-order valence-electron chi connectivity index (χ4n) is 3.17. The lowest BCUT2D eigenvalue weighted by Crippen LogP contribution is -2.47. The van der Waals surface area contributed by atoms with Crippen LogP contribution in [0.3, 0.4) is 0 Å². The molecule has 2 aromatic heterocycles. The molecule has 3 rings (SSSR count). The Bertz CT molecular complexity index is 895. The number of aromatic nitrogens is 3. The third-order valence-electron chi connectivity index (χ3n) is 4.68. The van der Waals surface area contributed by atoms with Crippen molar-refractivity contribution < 1.29 is 18.0 Å². The predicted octanol–water partition coefficient (Wildman–Crippen LogP) is 1.98. The highest BCUT2D eigenvalue weighted by Gasteiger charge is 2.32. The summed E-state index contributed by atoms with van der Waals surface area (Å²) in [6.07, 6.45) is -0.829. The maximum Gasteiger partial charge on any atom is 0.433 e. The van der Waals surface area contributed by atoms with Crippen LogP contribution in [0.4, 0.5) is 19.0 Å². The standard InChI is InChI=1S/C18H20F3N5O2/c1-25-16(27)8-7-15(24-25)26-9-3-2-4-13(26)11-23-17(28)12-5-6-14(22-10-12)18(19,20)21/h5-8,10,13H,2-4,9,11H2,1H3,(H,23,28). The van der Waals surface area contributed by atoms with Crippen molar-refractivity contribution in [3.8, 4) is 0 Å². The number of rotatable bonds is 4. The van der Waals surface area contributed by atoms with Crippen molar-refractivity contribution in [3.05, 3.63) is 52.1 Å². The number of pyridine rings is 1. The topological polar surface area (TPSA) is 80.1 Å². The van der Waals surface area contributed by atoms with Crippen molar-refractivity contribution in [2.75, 3.05) is 18.0 Å². The summed E-state index contributed by atoms with van der Waals surface area (Å²) in [4.78, 5) is 29.2. The monoisotopic (exact) mass is 395 g/mol. The molecule has 1 aliphatic heterocycles. The van der Waals surface area contributed by atoms with Gasteiger partial charge < -0.3 is 10.2 Å². The highest BCUT2D eigenvalue weighted by Crippen LogP contribution is 2.27. The number of carbonyl (C=O) groups excluding carboxylic acids is 1. The second-order valence-electron chi connectivity index (χ2n) is 6.64. The molecule has 7 nitrogen and oxygen atoms in total. The van der Waals surface area contributed by atoms with E-state index in [1.54, 1.807) is 13.1 Å². The molecule has 0 radical (unpaired) electrons. The second kappa shape index (κ2) is 7.99. The number of hydrogen-bond donors (Lipinski definition) is 1. The summed E-state index contributed by atoms with van der Waals surface area (Å²) in [7, 11) is 1.57. The van der Waals surface area contributed by atoms with Gasteiger partial charge in [-0.1, -0.05) is 0 Å². The Labute approximate surface area is 159 Å². The van der Waals surface area contributed by atoms with Crippen LogP contribution in [-0.2, 0) is 13.2 Å². The summed E-state index contributed by atoms with van der Waals surface area (Å²) in [6.45, 7) is 1.05. The first-order valence-corrected chi connectivity index (χ1v) is 8.88. The van der Waals surface area contributed by atoms with Crippen LogP contribution in [0.1, 0.15) is 35.3 Å². The van der Waals surface area contributed by atoms with Crippen LogP contribution in [0.5, 0.6) is 0 Å². The third kappa shape index (κ3) is 4.49. The van der Waals surface area contributed by atoms with Gasteiger partial charge in [-0.2, -0.15) is 18.3 Å². The molecule has 1 aliphatic rings. The van der Waals surface area contributed by atoms with Crippen molar-refractivity contribution in [1.29, 1.82) is 0 Å². The number of alkyl halides is 3. The van der Waals surface area contributed by atoms with Crippen LogP contribution >= 0.6 is 0 Å². The number of anilines is 1. The van der Waals surface area contributed by atoms with E-state index in [-0.39, 0.29) is 17.2 Å². The maximum absolute atomic E-state index is 12.6. The Morgan fingerprint density at radius 2 is 2.04 bits per heavy atom. The van der Waals surface area contributed by atoms with Gasteiger partial charge in [0.15, 0.2) is 0 Å². The summed E-state index contributed by atoms with van der Waals surface area (Å²) in [5.41, 5.74) is -1.18. The van der Waals surface area contributed by atoms with Crippen molar-refractivity contribution in [2.24, 2.45) is 7.05 Å². The van der Waals surface area contributed by atoms with E-state index in [9.17, 15) is 22.8 Å². The number of carbonyl (C=O) groups is 1. The lowest BCUT2D eigenvalue weighted by Gasteiger charge is -2.36. The quantitative estimate of drug-likeness (QED) is 0.857.